The number of hydrogen-bond acceptors (Lipinski definition) is 5. The number of benzene rings is 1. The number of nitrogen functional groups attached to an aromatic ring is 1. The summed E-state index contributed by atoms with van der Waals surface area (Å²) in [6.07, 6.45) is 5.82. The van der Waals surface area contributed by atoms with Crippen LogP contribution in [0.5, 0.6) is 0 Å². The van der Waals surface area contributed by atoms with Crippen molar-refractivity contribution in [2.75, 3.05) is 23.8 Å². The lowest BCUT2D eigenvalue weighted by Gasteiger charge is -2.35. The van der Waals surface area contributed by atoms with Gasteiger partial charge in [-0.05, 0) is 25.0 Å². The number of aliphatic hydroxyl groups is 1. The number of nitro benzene ring substituents is 1. The highest BCUT2D eigenvalue weighted by Gasteiger charge is 2.22. The Balaban J connectivity index is 2.24. The van der Waals surface area contributed by atoms with Gasteiger partial charge in [-0.1, -0.05) is 19.3 Å². The fourth-order valence-corrected chi connectivity index (χ4v) is 2.91. The summed E-state index contributed by atoms with van der Waals surface area (Å²) in [5.41, 5.74) is 6.71. The van der Waals surface area contributed by atoms with Crippen LogP contribution in [0.15, 0.2) is 18.2 Å². The van der Waals surface area contributed by atoms with Crippen molar-refractivity contribution in [3.05, 3.63) is 28.3 Å². The minimum atomic E-state index is -0.476. The number of nitrogens with zero attached hydrogens (tertiary/aromatic N) is 2. The quantitative estimate of drug-likeness (QED) is 0.490. The number of rotatable bonds is 5. The summed E-state index contributed by atoms with van der Waals surface area (Å²) in [6, 6.07) is 5.19. The summed E-state index contributed by atoms with van der Waals surface area (Å²) in [5.74, 6) is 0. The predicted octanol–water partition coefficient (Wildman–Crippen LogP) is 2.31. The third kappa shape index (κ3) is 3.19. The van der Waals surface area contributed by atoms with E-state index in [1.165, 1.54) is 25.3 Å². The molecule has 1 aromatic carbocycles. The number of hydrogen-bond donors (Lipinski definition) is 2. The van der Waals surface area contributed by atoms with Gasteiger partial charge in [0.25, 0.3) is 5.69 Å². The van der Waals surface area contributed by atoms with Crippen LogP contribution < -0.4 is 10.6 Å². The first-order chi connectivity index (χ1) is 9.63. The fourth-order valence-electron chi connectivity index (χ4n) is 2.91. The molecule has 110 valence electrons. The minimum Gasteiger partial charge on any atom is -0.395 e. The molecule has 3 N–H and O–H groups in total. The van der Waals surface area contributed by atoms with Crippen molar-refractivity contribution >= 4 is 17.1 Å². The van der Waals surface area contributed by atoms with Gasteiger partial charge in [0, 0.05) is 24.3 Å². The molecule has 20 heavy (non-hydrogen) atoms. The molecule has 1 aliphatic carbocycles. The molecule has 1 aromatic rings. The van der Waals surface area contributed by atoms with E-state index in [1.807, 2.05) is 0 Å². The van der Waals surface area contributed by atoms with E-state index in [9.17, 15) is 15.2 Å². The van der Waals surface area contributed by atoms with Gasteiger partial charge in [-0.3, -0.25) is 10.1 Å². The molecule has 1 saturated carbocycles. The maximum absolute atomic E-state index is 10.8. The molecule has 2 rings (SSSR count). The van der Waals surface area contributed by atoms with Gasteiger partial charge in [-0.25, -0.2) is 0 Å². The van der Waals surface area contributed by atoms with Gasteiger partial charge in [0.05, 0.1) is 11.5 Å². The first-order valence-electron chi connectivity index (χ1n) is 7.05. The maximum Gasteiger partial charge on any atom is 0.292 e. The molecule has 6 heteroatoms. The highest BCUT2D eigenvalue weighted by molar-refractivity contribution is 5.67. The summed E-state index contributed by atoms with van der Waals surface area (Å²) in [7, 11) is 0. The largest absolute Gasteiger partial charge is 0.395 e. The number of nitro groups is 1. The first kappa shape index (κ1) is 14.6. The third-order valence-corrected chi connectivity index (χ3v) is 3.90. The average Bonchev–Trinajstić information content (AvgIpc) is 2.45. The molecule has 1 aliphatic rings. The average molecular weight is 279 g/mol. The second-order valence-corrected chi connectivity index (χ2v) is 5.21. The van der Waals surface area contributed by atoms with Crippen LogP contribution in [-0.2, 0) is 0 Å². The van der Waals surface area contributed by atoms with Gasteiger partial charge < -0.3 is 15.7 Å². The molecular formula is C14H21N3O3. The van der Waals surface area contributed by atoms with Gasteiger partial charge >= 0.3 is 0 Å². The Kier molecular flexibility index (Phi) is 4.79. The van der Waals surface area contributed by atoms with Crippen LogP contribution in [0.4, 0.5) is 17.1 Å². The summed E-state index contributed by atoms with van der Waals surface area (Å²) in [5, 5.41) is 20.1. The van der Waals surface area contributed by atoms with Crippen LogP contribution in [0.3, 0.4) is 0 Å². The van der Waals surface area contributed by atoms with E-state index < -0.39 is 4.92 Å². The van der Waals surface area contributed by atoms with Crippen molar-refractivity contribution in [2.45, 2.75) is 38.1 Å². The number of nitrogens with two attached hydrogens (primary N) is 1. The van der Waals surface area contributed by atoms with E-state index >= 15 is 0 Å². The second-order valence-electron chi connectivity index (χ2n) is 5.21. The zero-order chi connectivity index (χ0) is 14.5. The van der Waals surface area contributed by atoms with Crippen LogP contribution in [0, 0.1) is 10.1 Å². The molecule has 6 nitrogen and oxygen atoms in total. The Labute approximate surface area is 118 Å². The highest BCUT2D eigenvalue weighted by atomic mass is 16.6. The summed E-state index contributed by atoms with van der Waals surface area (Å²) >= 11 is 0. The monoisotopic (exact) mass is 279 g/mol. The topological polar surface area (TPSA) is 92.6 Å². The zero-order valence-corrected chi connectivity index (χ0v) is 11.5. The Morgan fingerprint density at radius 1 is 1.35 bits per heavy atom. The van der Waals surface area contributed by atoms with E-state index in [0.717, 1.165) is 18.5 Å². The molecule has 0 radical (unpaired) electrons. The van der Waals surface area contributed by atoms with Crippen molar-refractivity contribution in [1.82, 2.24) is 0 Å². The van der Waals surface area contributed by atoms with Crippen LogP contribution in [-0.4, -0.2) is 29.2 Å². The van der Waals surface area contributed by atoms with Crippen LogP contribution in [0.2, 0.25) is 0 Å². The molecule has 0 spiro atoms. The normalized spacial score (nSPS) is 16.1. The van der Waals surface area contributed by atoms with Crippen molar-refractivity contribution < 1.29 is 10.0 Å². The molecule has 0 unspecified atom stereocenters. The molecule has 0 atom stereocenters. The summed E-state index contributed by atoms with van der Waals surface area (Å²) < 4.78 is 0. The smallest absolute Gasteiger partial charge is 0.292 e. The highest BCUT2D eigenvalue weighted by Crippen LogP contribution is 2.31. The van der Waals surface area contributed by atoms with Crippen molar-refractivity contribution in [2.24, 2.45) is 0 Å². The number of anilines is 2. The zero-order valence-electron chi connectivity index (χ0n) is 11.5. The first-order valence-corrected chi connectivity index (χ1v) is 7.05. The van der Waals surface area contributed by atoms with Gasteiger partial charge in [0.2, 0.25) is 0 Å². The van der Waals surface area contributed by atoms with Crippen LogP contribution in [0.25, 0.3) is 0 Å². The van der Waals surface area contributed by atoms with Gasteiger partial charge in [-0.15, -0.1) is 0 Å². The predicted molar refractivity (Wildman–Crippen MR) is 78.8 cm³/mol. The molecule has 0 bridgehead atoms. The van der Waals surface area contributed by atoms with Crippen molar-refractivity contribution in [3.8, 4) is 0 Å². The fraction of sp³-hybridized carbons (Fsp3) is 0.571. The third-order valence-electron chi connectivity index (χ3n) is 3.90. The molecule has 0 saturated heterocycles. The Bertz CT molecular complexity index is 473. The lowest BCUT2D eigenvalue weighted by atomic mass is 9.93. The standard InChI is InChI=1S/C14H21N3O3/c15-13-10-12(6-7-14(13)17(19)20)16(8-9-18)11-4-2-1-3-5-11/h6-7,10-11,18H,1-5,8-9,15H2. The van der Waals surface area contributed by atoms with E-state index in [-0.39, 0.29) is 18.0 Å². The van der Waals surface area contributed by atoms with Crippen LogP contribution in [0.1, 0.15) is 32.1 Å². The molecule has 0 heterocycles. The molecule has 0 aromatic heterocycles. The molecular weight excluding hydrogens is 258 g/mol. The molecule has 1 fully saturated rings. The lowest BCUT2D eigenvalue weighted by Crippen LogP contribution is -2.38. The number of aliphatic hydroxyl groups excluding tert-OH is 1. The van der Waals surface area contributed by atoms with Gasteiger partial charge in [0.1, 0.15) is 5.69 Å². The van der Waals surface area contributed by atoms with Gasteiger partial charge in [-0.2, -0.15) is 0 Å². The van der Waals surface area contributed by atoms with E-state index in [2.05, 4.69) is 4.90 Å². The Morgan fingerprint density at radius 2 is 2.05 bits per heavy atom. The molecule has 0 aliphatic heterocycles. The lowest BCUT2D eigenvalue weighted by molar-refractivity contribution is -0.383. The van der Waals surface area contributed by atoms with E-state index in [4.69, 9.17) is 5.73 Å². The summed E-state index contributed by atoms with van der Waals surface area (Å²) in [4.78, 5) is 12.5. The van der Waals surface area contributed by atoms with Crippen LogP contribution >= 0.6 is 0 Å². The van der Waals surface area contributed by atoms with Crippen molar-refractivity contribution in [1.29, 1.82) is 0 Å². The minimum absolute atomic E-state index is 0.0629. The van der Waals surface area contributed by atoms with E-state index in [0.29, 0.717) is 12.6 Å². The second kappa shape index (κ2) is 6.56. The van der Waals surface area contributed by atoms with Gasteiger partial charge in [0.15, 0.2) is 0 Å². The summed E-state index contributed by atoms with van der Waals surface area (Å²) in [6.45, 7) is 0.593. The SMILES string of the molecule is Nc1cc(N(CCO)C2CCCCC2)ccc1[N+](=O)[O-]. The maximum atomic E-state index is 10.8. The van der Waals surface area contributed by atoms with Crippen molar-refractivity contribution in [3.63, 3.8) is 0 Å². The molecule has 0 amide bonds. The Hall–Kier alpha value is -1.82. The van der Waals surface area contributed by atoms with E-state index in [1.54, 1.807) is 12.1 Å². The Morgan fingerprint density at radius 3 is 2.60 bits per heavy atom.